The summed E-state index contributed by atoms with van der Waals surface area (Å²) in [5.74, 6) is 0. The molecule has 0 spiro atoms. The largest absolute Gasteiger partial charge is 0.309 e. The Labute approximate surface area is 106 Å². The van der Waals surface area contributed by atoms with E-state index in [0.717, 1.165) is 13.0 Å². The number of benzene rings is 1. The Morgan fingerprint density at radius 2 is 2.06 bits per heavy atom. The zero-order chi connectivity index (χ0) is 12.1. The number of rotatable bonds is 5. The van der Waals surface area contributed by atoms with Crippen LogP contribution in [0.2, 0.25) is 0 Å². The lowest BCUT2D eigenvalue weighted by atomic mass is 10.0. The second-order valence-electron chi connectivity index (χ2n) is 4.12. The highest BCUT2D eigenvalue weighted by Crippen LogP contribution is 2.20. The lowest BCUT2D eigenvalue weighted by Crippen LogP contribution is -2.22. The molecule has 1 aromatic heterocycles. The van der Waals surface area contributed by atoms with Crippen molar-refractivity contribution in [1.82, 2.24) is 14.9 Å². The first-order chi connectivity index (χ1) is 8.29. The minimum atomic E-state index is 0.322. The predicted molar refractivity (Wildman–Crippen MR) is 71.2 cm³/mol. The van der Waals surface area contributed by atoms with E-state index in [4.69, 9.17) is 0 Å². The summed E-state index contributed by atoms with van der Waals surface area (Å²) in [6.07, 6.45) is 2.84. The van der Waals surface area contributed by atoms with E-state index in [0.29, 0.717) is 6.04 Å². The Morgan fingerprint density at radius 3 is 2.65 bits per heavy atom. The lowest BCUT2D eigenvalue weighted by Gasteiger charge is -2.15. The van der Waals surface area contributed by atoms with Crippen LogP contribution >= 0.6 is 11.5 Å². The molecule has 1 N–H and O–H groups in total. The number of hydrogen-bond donors (Lipinski definition) is 1. The van der Waals surface area contributed by atoms with Gasteiger partial charge in [0.15, 0.2) is 0 Å². The van der Waals surface area contributed by atoms with E-state index in [2.05, 4.69) is 53.0 Å². The maximum absolute atomic E-state index is 3.93. The third-order valence-corrected chi connectivity index (χ3v) is 3.51. The molecular weight excluding hydrogens is 230 g/mol. The Balaban J connectivity index is 2.10. The maximum Gasteiger partial charge on any atom is 0.0669 e. The van der Waals surface area contributed by atoms with Gasteiger partial charge >= 0.3 is 0 Å². The Kier molecular flexibility index (Phi) is 4.23. The highest BCUT2D eigenvalue weighted by Gasteiger charge is 2.13. The quantitative estimate of drug-likeness (QED) is 0.883. The van der Waals surface area contributed by atoms with Gasteiger partial charge in [-0.15, -0.1) is 5.10 Å². The second kappa shape index (κ2) is 5.89. The van der Waals surface area contributed by atoms with E-state index < -0.39 is 0 Å². The zero-order valence-electron chi connectivity index (χ0n) is 10.2. The minimum Gasteiger partial charge on any atom is -0.309 e. The van der Waals surface area contributed by atoms with Crippen molar-refractivity contribution in [2.24, 2.45) is 0 Å². The zero-order valence-corrected chi connectivity index (χ0v) is 11.0. The second-order valence-corrected chi connectivity index (χ2v) is 4.94. The molecule has 0 aliphatic carbocycles. The van der Waals surface area contributed by atoms with Crippen LogP contribution in [-0.2, 0) is 6.42 Å². The van der Waals surface area contributed by atoms with Gasteiger partial charge in [-0.25, -0.2) is 0 Å². The highest BCUT2D eigenvalue weighted by atomic mass is 32.1. The van der Waals surface area contributed by atoms with Crippen molar-refractivity contribution in [3.8, 4) is 0 Å². The van der Waals surface area contributed by atoms with Crippen LogP contribution in [0.15, 0.2) is 30.5 Å². The van der Waals surface area contributed by atoms with Crippen LogP contribution in [0.5, 0.6) is 0 Å². The molecule has 2 aromatic rings. The maximum atomic E-state index is 3.93. The molecule has 2 rings (SSSR count). The molecule has 90 valence electrons. The van der Waals surface area contributed by atoms with E-state index in [-0.39, 0.29) is 0 Å². The molecule has 0 radical (unpaired) electrons. The molecular formula is C13H17N3S. The van der Waals surface area contributed by atoms with Gasteiger partial charge in [0.1, 0.15) is 0 Å². The average molecular weight is 247 g/mol. The molecule has 0 aliphatic heterocycles. The fraction of sp³-hybridized carbons (Fsp3) is 0.385. The molecule has 0 fully saturated rings. The van der Waals surface area contributed by atoms with E-state index >= 15 is 0 Å². The third-order valence-electron chi connectivity index (χ3n) is 2.73. The van der Waals surface area contributed by atoms with Crippen molar-refractivity contribution in [2.45, 2.75) is 26.3 Å². The minimum absolute atomic E-state index is 0.322. The Hall–Kier alpha value is -1.26. The highest BCUT2D eigenvalue weighted by molar-refractivity contribution is 7.05. The third kappa shape index (κ3) is 3.35. The number of aryl methyl sites for hydroxylation is 1. The summed E-state index contributed by atoms with van der Waals surface area (Å²) in [6, 6.07) is 9.01. The molecule has 17 heavy (non-hydrogen) atoms. The van der Waals surface area contributed by atoms with Crippen molar-refractivity contribution in [1.29, 1.82) is 0 Å². The molecule has 0 aliphatic rings. The van der Waals surface area contributed by atoms with Crippen LogP contribution in [0.1, 0.15) is 29.0 Å². The van der Waals surface area contributed by atoms with Crippen molar-refractivity contribution in [3.05, 3.63) is 46.5 Å². The molecule has 0 saturated carbocycles. The molecule has 1 aromatic carbocycles. The summed E-state index contributed by atoms with van der Waals surface area (Å²) >= 11 is 1.47. The van der Waals surface area contributed by atoms with Crippen LogP contribution in [0.4, 0.5) is 0 Å². The van der Waals surface area contributed by atoms with Gasteiger partial charge in [0.2, 0.25) is 0 Å². The first-order valence-electron chi connectivity index (χ1n) is 5.85. The molecule has 3 nitrogen and oxygen atoms in total. The molecule has 4 heteroatoms. The van der Waals surface area contributed by atoms with Gasteiger partial charge in [-0.2, -0.15) is 0 Å². The van der Waals surface area contributed by atoms with E-state index in [1.54, 1.807) is 0 Å². The predicted octanol–water partition coefficient (Wildman–Crippen LogP) is 2.74. The van der Waals surface area contributed by atoms with Gasteiger partial charge in [-0.3, -0.25) is 0 Å². The van der Waals surface area contributed by atoms with Crippen molar-refractivity contribution in [3.63, 3.8) is 0 Å². The summed E-state index contributed by atoms with van der Waals surface area (Å²) in [6.45, 7) is 5.18. The summed E-state index contributed by atoms with van der Waals surface area (Å²) in [7, 11) is 0. The summed E-state index contributed by atoms with van der Waals surface area (Å²) in [5.41, 5.74) is 2.64. The molecule has 1 atom stereocenters. The Bertz CT molecular complexity index is 436. The number of likely N-dealkylation sites (N-methyl/N-ethyl adjacent to an activating group) is 1. The van der Waals surface area contributed by atoms with Crippen molar-refractivity contribution >= 4 is 11.5 Å². The summed E-state index contributed by atoms with van der Waals surface area (Å²) in [5, 5.41) is 7.39. The standard InChI is InChI=1S/C13H17N3S/c1-3-14-12(13-9-15-16-17-13)8-11-6-4-10(2)5-7-11/h4-7,9,12,14H,3,8H2,1-2H3. The van der Waals surface area contributed by atoms with E-state index in [1.807, 2.05) is 6.20 Å². The van der Waals surface area contributed by atoms with Crippen LogP contribution in [0.3, 0.4) is 0 Å². The monoisotopic (exact) mass is 247 g/mol. The molecule has 1 unspecified atom stereocenters. The average Bonchev–Trinajstić information content (AvgIpc) is 2.85. The number of nitrogens with zero attached hydrogens (tertiary/aromatic N) is 2. The summed E-state index contributed by atoms with van der Waals surface area (Å²) < 4.78 is 3.93. The fourth-order valence-corrected chi connectivity index (χ4v) is 2.38. The topological polar surface area (TPSA) is 37.8 Å². The van der Waals surface area contributed by atoms with Gasteiger partial charge in [-0.05, 0) is 37.0 Å². The molecule has 1 heterocycles. The van der Waals surface area contributed by atoms with Crippen molar-refractivity contribution in [2.75, 3.05) is 6.54 Å². The van der Waals surface area contributed by atoms with Crippen LogP contribution < -0.4 is 5.32 Å². The molecule has 0 amide bonds. The SMILES string of the molecule is CCNC(Cc1ccc(C)cc1)c1cnns1. The first kappa shape index (κ1) is 12.2. The number of aromatic nitrogens is 2. The van der Waals surface area contributed by atoms with Crippen LogP contribution in [-0.4, -0.2) is 16.1 Å². The lowest BCUT2D eigenvalue weighted by molar-refractivity contribution is 0.557. The normalized spacial score (nSPS) is 12.6. The van der Waals surface area contributed by atoms with E-state index in [1.165, 1.54) is 27.5 Å². The summed E-state index contributed by atoms with van der Waals surface area (Å²) in [4.78, 5) is 1.20. The number of nitrogens with one attached hydrogen (secondary N) is 1. The smallest absolute Gasteiger partial charge is 0.0669 e. The molecule has 0 bridgehead atoms. The number of hydrogen-bond acceptors (Lipinski definition) is 4. The van der Waals surface area contributed by atoms with Gasteiger partial charge in [-0.1, -0.05) is 41.2 Å². The van der Waals surface area contributed by atoms with Gasteiger partial charge in [0.25, 0.3) is 0 Å². The Morgan fingerprint density at radius 1 is 1.29 bits per heavy atom. The van der Waals surface area contributed by atoms with Crippen molar-refractivity contribution < 1.29 is 0 Å². The van der Waals surface area contributed by atoms with Gasteiger partial charge in [0.05, 0.1) is 11.1 Å². The fourth-order valence-electron chi connectivity index (χ4n) is 1.81. The first-order valence-corrected chi connectivity index (χ1v) is 6.63. The molecule has 0 saturated heterocycles. The van der Waals surface area contributed by atoms with Crippen LogP contribution in [0.25, 0.3) is 0 Å². The van der Waals surface area contributed by atoms with Crippen LogP contribution in [0, 0.1) is 6.92 Å². The van der Waals surface area contributed by atoms with Gasteiger partial charge in [0, 0.05) is 6.04 Å². The van der Waals surface area contributed by atoms with Gasteiger partial charge < -0.3 is 5.32 Å². The van der Waals surface area contributed by atoms with E-state index in [9.17, 15) is 0 Å².